The highest BCUT2D eigenvalue weighted by molar-refractivity contribution is 5.31. The van der Waals surface area contributed by atoms with Gasteiger partial charge in [-0.3, -0.25) is 0 Å². The predicted octanol–water partition coefficient (Wildman–Crippen LogP) is 1.77. The number of rotatable bonds is 9. The lowest BCUT2D eigenvalue weighted by Gasteiger charge is -2.23. The Kier molecular flexibility index (Phi) is 6.67. The summed E-state index contributed by atoms with van der Waals surface area (Å²) in [6.45, 7) is 7.17. The molecule has 1 aromatic rings. The number of nitrogens with one attached hydrogen (secondary N) is 1. The van der Waals surface area contributed by atoms with Crippen LogP contribution in [0.1, 0.15) is 32.4 Å². The van der Waals surface area contributed by atoms with Crippen molar-refractivity contribution in [2.45, 2.75) is 39.2 Å². The van der Waals surface area contributed by atoms with E-state index in [9.17, 15) is 5.11 Å². The Morgan fingerprint density at radius 2 is 2.10 bits per heavy atom. The second kappa shape index (κ2) is 8.01. The van der Waals surface area contributed by atoms with Crippen molar-refractivity contribution < 1.29 is 14.6 Å². The second-order valence-corrected chi connectivity index (χ2v) is 5.11. The smallest absolute Gasteiger partial charge is 0.226 e. The maximum Gasteiger partial charge on any atom is 0.226 e. The third-order valence-corrected chi connectivity index (χ3v) is 2.76. The van der Waals surface area contributed by atoms with E-state index >= 15 is 0 Å². The number of ether oxygens (including phenoxy) is 2. The highest BCUT2D eigenvalue weighted by Gasteiger charge is 2.20. The summed E-state index contributed by atoms with van der Waals surface area (Å²) in [6, 6.07) is 1.80. The molecule has 1 aromatic heterocycles. The molecule has 0 saturated heterocycles. The molecular weight excluding hydrogens is 258 g/mol. The molecule has 0 amide bonds. The molecule has 1 unspecified atom stereocenters. The van der Waals surface area contributed by atoms with Gasteiger partial charge in [-0.25, -0.2) is 4.98 Å². The molecule has 20 heavy (non-hydrogen) atoms. The van der Waals surface area contributed by atoms with Crippen molar-refractivity contribution in [1.82, 2.24) is 9.97 Å². The van der Waals surface area contributed by atoms with E-state index < -0.39 is 5.60 Å². The Bertz CT molecular complexity index is 411. The second-order valence-electron chi connectivity index (χ2n) is 5.11. The summed E-state index contributed by atoms with van der Waals surface area (Å²) in [6.07, 6.45) is 1.47. The fourth-order valence-corrected chi connectivity index (χ4v) is 1.58. The number of anilines is 1. The zero-order valence-corrected chi connectivity index (χ0v) is 12.8. The standard InChI is InChI=1S/C14H25N3O3/c1-5-7-20-12-9-11(2)16-13(17-12)15-10-14(3,18)6-8-19-4/h9,18H,5-8,10H2,1-4H3,(H,15,16,17). The van der Waals surface area contributed by atoms with Crippen molar-refractivity contribution in [3.05, 3.63) is 11.8 Å². The molecule has 0 radical (unpaired) electrons. The van der Waals surface area contributed by atoms with E-state index in [0.29, 0.717) is 38.0 Å². The molecule has 1 rings (SSSR count). The lowest BCUT2D eigenvalue weighted by Crippen LogP contribution is -2.35. The maximum atomic E-state index is 10.2. The van der Waals surface area contributed by atoms with Gasteiger partial charge in [-0.15, -0.1) is 0 Å². The quantitative estimate of drug-likeness (QED) is 0.719. The lowest BCUT2D eigenvalue weighted by atomic mass is 10.0. The van der Waals surface area contributed by atoms with E-state index in [0.717, 1.165) is 12.1 Å². The number of aryl methyl sites for hydroxylation is 1. The van der Waals surface area contributed by atoms with E-state index in [1.807, 2.05) is 13.8 Å². The third-order valence-electron chi connectivity index (χ3n) is 2.76. The normalized spacial score (nSPS) is 13.8. The number of aromatic nitrogens is 2. The molecule has 114 valence electrons. The third kappa shape index (κ3) is 6.16. The molecule has 0 saturated carbocycles. The Hall–Kier alpha value is -1.40. The molecule has 0 aliphatic carbocycles. The van der Waals surface area contributed by atoms with Gasteiger partial charge in [0.25, 0.3) is 0 Å². The summed E-state index contributed by atoms with van der Waals surface area (Å²) in [4.78, 5) is 8.55. The van der Waals surface area contributed by atoms with Gasteiger partial charge >= 0.3 is 0 Å². The summed E-state index contributed by atoms with van der Waals surface area (Å²) < 4.78 is 10.5. The van der Waals surface area contributed by atoms with Crippen LogP contribution in [0.15, 0.2) is 6.07 Å². The van der Waals surface area contributed by atoms with Crippen LogP contribution in [0.3, 0.4) is 0 Å². The minimum Gasteiger partial charge on any atom is -0.478 e. The largest absolute Gasteiger partial charge is 0.478 e. The van der Waals surface area contributed by atoms with Gasteiger partial charge in [-0.1, -0.05) is 6.92 Å². The highest BCUT2D eigenvalue weighted by atomic mass is 16.5. The fourth-order valence-electron chi connectivity index (χ4n) is 1.58. The van der Waals surface area contributed by atoms with Crippen LogP contribution >= 0.6 is 0 Å². The van der Waals surface area contributed by atoms with Crippen LogP contribution in [0.5, 0.6) is 5.88 Å². The molecular formula is C14H25N3O3. The summed E-state index contributed by atoms with van der Waals surface area (Å²) >= 11 is 0. The number of hydrogen-bond donors (Lipinski definition) is 2. The van der Waals surface area contributed by atoms with Crippen molar-refractivity contribution in [2.24, 2.45) is 0 Å². The SMILES string of the molecule is CCCOc1cc(C)nc(NCC(C)(O)CCOC)n1. The van der Waals surface area contributed by atoms with E-state index in [-0.39, 0.29) is 0 Å². The zero-order valence-electron chi connectivity index (χ0n) is 12.8. The number of nitrogens with zero attached hydrogens (tertiary/aromatic N) is 2. The average molecular weight is 283 g/mol. The molecule has 6 nitrogen and oxygen atoms in total. The minimum atomic E-state index is -0.868. The number of hydrogen-bond acceptors (Lipinski definition) is 6. The summed E-state index contributed by atoms with van der Waals surface area (Å²) in [5.41, 5.74) is -0.0433. The first-order valence-corrected chi connectivity index (χ1v) is 6.90. The summed E-state index contributed by atoms with van der Waals surface area (Å²) in [5, 5.41) is 13.2. The van der Waals surface area contributed by atoms with E-state index in [4.69, 9.17) is 9.47 Å². The molecule has 0 bridgehead atoms. The molecule has 2 N–H and O–H groups in total. The van der Waals surface area contributed by atoms with Gasteiger partial charge < -0.3 is 19.9 Å². The van der Waals surface area contributed by atoms with Crippen LogP contribution in [0.25, 0.3) is 0 Å². The van der Waals surface area contributed by atoms with E-state index in [1.54, 1.807) is 20.1 Å². The van der Waals surface area contributed by atoms with E-state index in [2.05, 4.69) is 15.3 Å². The molecule has 0 spiro atoms. The Labute approximate surface area is 120 Å². The predicted molar refractivity (Wildman–Crippen MR) is 78.2 cm³/mol. The van der Waals surface area contributed by atoms with Crippen molar-refractivity contribution in [3.8, 4) is 5.88 Å². The zero-order chi connectivity index (χ0) is 15.0. The number of aliphatic hydroxyl groups is 1. The Morgan fingerprint density at radius 1 is 1.35 bits per heavy atom. The van der Waals surface area contributed by atoms with Gasteiger partial charge in [-0.2, -0.15) is 4.98 Å². The first-order chi connectivity index (χ1) is 9.46. The first kappa shape index (κ1) is 16.7. The monoisotopic (exact) mass is 283 g/mol. The van der Waals surface area contributed by atoms with Crippen LogP contribution < -0.4 is 10.1 Å². The molecule has 6 heteroatoms. The topological polar surface area (TPSA) is 76.5 Å². The molecule has 1 heterocycles. The van der Waals surface area contributed by atoms with Crippen LogP contribution in [-0.2, 0) is 4.74 Å². The Morgan fingerprint density at radius 3 is 2.75 bits per heavy atom. The molecule has 0 fully saturated rings. The van der Waals surface area contributed by atoms with Gasteiger partial charge in [0, 0.05) is 38.4 Å². The van der Waals surface area contributed by atoms with Gasteiger partial charge in [0.2, 0.25) is 11.8 Å². The van der Waals surface area contributed by atoms with Crippen molar-refractivity contribution in [2.75, 3.05) is 32.2 Å². The average Bonchev–Trinajstić information content (AvgIpc) is 2.40. The first-order valence-electron chi connectivity index (χ1n) is 6.90. The van der Waals surface area contributed by atoms with Gasteiger partial charge in [0.1, 0.15) is 0 Å². The maximum absolute atomic E-state index is 10.2. The molecule has 0 aromatic carbocycles. The van der Waals surface area contributed by atoms with Gasteiger partial charge in [0.05, 0.1) is 12.2 Å². The van der Waals surface area contributed by atoms with Crippen LogP contribution in [0.2, 0.25) is 0 Å². The minimum absolute atomic E-state index is 0.354. The van der Waals surface area contributed by atoms with Gasteiger partial charge in [0.15, 0.2) is 0 Å². The molecule has 0 aliphatic rings. The van der Waals surface area contributed by atoms with Crippen molar-refractivity contribution >= 4 is 5.95 Å². The van der Waals surface area contributed by atoms with Crippen molar-refractivity contribution in [3.63, 3.8) is 0 Å². The fraction of sp³-hybridized carbons (Fsp3) is 0.714. The van der Waals surface area contributed by atoms with Crippen LogP contribution in [0, 0.1) is 6.92 Å². The summed E-state index contributed by atoms with van der Waals surface area (Å²) in [5.74, 6) is 1.02. The van der Waals surface area contributed by atoms with E-state index in [1.165, 1.54) is 0 Å². The molecule has 0 aliphatic heterocycles. The van der Waals surface area contributed by atoms with Crippen LogP contribution in [0.4, 0.5) is 5.95 Å². The molecule has 1 atom stereocenters. The highest BCUT2D eigenvalue weighted by Crippen LogP contribution is 2.14. The Balaban J connectivity index is 2.60. The van der Waals surface area contributed by atoms with Gasteiger partial charge in [-0.05, 0) is 20.3 Å². The van der Waals surface area contributed by atoms with Crippen molar-refractivity contribution in [1.29, 1.82) is 0 Å². The summed E-state index contributed by atoms with van der Waals surface area (Å²) in [7, 11) is 1.62. The number of methoxy groups -OCH3 is 1. The van der Waals surface area contributed by atoms with Crippen LogP contribution in [-0.4, -0.2) is 47.5 Å². The lowest BCUT2D eigenvalue weighted by molar-refractivity contribution is 0.0356.